The number of hydrogen-bond donors (Lipinski definition) is 1. The molecule has 1 atom stereocenters. The molecular formula is C18H26N2O2. The van der Waals surface area contributed by atoms with E-state index in [4.69, 9.17) is 9.47 Å². The maximum Gasteiger partial charge on any atom is 0.161 e. The third kappa shape index (κ3) is 2.82. The van der Waals surface area contributed by atoms with Gasteiger partial charge < -0.3 is 14.8 Å². The number of benzene rings is 1. The first kappa shape index (κ1) is 14.3. The van der Waals surface area contributed by atoms with E-state index in [0.717, 1.165) is 43.6 Å². The van der Waals surface area contributed by atoms with Gasteiger partial charge in [-0.25, -0.2) is 0 Å². The Morgan fingerprint density at radius 3 is 2.50 bits per heavy atom. The Morgan fingerprint density at radius 1 is 1.00 bits per heavy atom. The molecule has 2 fully saturated rings. The topological polar surface area (TPSA) is 33.7 Å². The second kappa shape index (κ2) is 6.47. The highest BCUT2D eigenvalue weighted by Crippen LogP contribution is 2.42. The quantitative estimate of drug-likeness (QED) is 0.930. The molecule has 0 spiro atoms. The molecule has 0 aromatic heterocycles. The van der Waals surface area contributed by atoms with Crippen LogP contribution in [0.3, 0.4) is 0 Å². The van der Waals surface area contributed by atoms with Gasteiger partial charge in [0.15, 0.2) is 11.5 Å². The van der Waals surface area contributed by atoms with Crippen LogP contribution in [0, 0.1) is 5.92 Å². The van der Waals surface area contributed by atoms with Crippen LogP contribution in [-0.2, 0) is 0 Å². The molecule has 1 aromatic carbocycles. The zero-order chi connectivity index (χ0) is 14.8. The van der Waals surface area contributed by atoms with Crippen LogP contribution in [0.1, 0.15) is 37.3 Å². The highest BCUT2D eigenvalue weighted by molar-refractivity contribution is 5.45. The lowest BCUT2D eigenvalue weighted by molar-refractivity contribution is 0.124. The van der Waals surface area contributed by atoms with Gasteiger partial charge in [-0.15, -0.1) is 0 Å². The first-order valence-electron chi connectivity index (χ1n) is 8.76. The monoisotopic (exact) mass is 302 g/mol. The summed E-state index contributed by atoms with van der Waals surface area (Å²) in [6.07, 6.45) is 5.50. The lowest BCUT2D eigenvalue weighted by Gasteiger charge is -2.39. The molecule has 0 amide bonds. The van der Waals surface area contributed by atoms with E-state index in [1.807, 2.05) is 0 Å². The molecule has 1 N–H and O–H groups in total. The van der Waals surface area contributed by atoms with Crippen molar-refractivity contribution in [3.8, 4) is 11.5 Å². The van der Waals surface area contributed by atoms with Gasteiger partial charge in [0.2, 0.25) is 0 Å². The van der Waals surface area contributed by atoms with Crippen LogP contribution in [-0.4, -0.2) is 44.3 Å². The van der Waals surface area contributed by atoms with E-state index >= 15 is 0 Å². The summed E-state index contributed by atoms with van der Waals surface area (Å²) < 4.78 is 11.5. The van der Waals surface area contributed by atoms with Gasteiger partial charge in [-0.1, -0.05) is 18.9 Å². The van der Waals surface area contributed by atoms with Crippen LogP contribution < -0.4 is 14.8 Å². The number of nitrogens with one attached hydrogen (secondary N) is 1. The molecule has 1 saturated heterocycles. The number of hydrogen-bond acceptors (Lipinski definition) is 4. The second-order valence-electron chi connectivity index (χ2n) is 6.68. The lowest BCUT2D eigenvalue weighted by Crippen LogP contribution is -2.46. The van der Waals surface area contributed by atoms with Crippen LogP contribution in [0.5, 0.6) is 11.5 Å². The number of nitrogens with zero attached hydrogens (tertiary/aromatic N) is 1. The van der Waals surface area contributed by atoms with Crippen molar-refractivity contribution in [2.45, 2.75) is 31.7 Å². The Morgan fingerprint density at radius 2 is 1.73 bits per heavy atom. The normalized spacial score (nSPS) is 24.4. The average molecular weight is 302 g/mol. The van der Waals surface area contributed by atoms with Crippen LogP contribution in [0.25, 0.3) is 0 Å². The molecule has 120 valence electrons. The number of piperazine rings is 1. The fourth-order valence-electron chi connectivity index (χ4n) is 4.26. The largest absolute Gasteiger partial charge is 0.486 e. The predicted molar refractivity (Wildman–Crippen MR) is 86.6 cm³/mol. The Labute approximate surface area is 132 Å². The summed E-state index contributed by atoms with van der Waals surface area (Å²) >= 11 is 0. The van der Waals surface area contributed by atoms with Crippen molar-refractivity contribution in [2.75, 3.05) is 39.4 Å². The van der Waals surface area contributed by atoms with Crippen LogP contribution in [0.15, 0.2) is 18.2 Å². The summed E-state index contributed by atoms with van der Waals surface area (Å²) in [5, 5.41) is 3.48. The molecule has 3 aliphatic rings. The minimum Gasteiger partial charge on any atom is -0.486 e. The van der Waals surface area contributed by atoms with Crippen molar-refractivity contribution in [3.05, 3.63) is 23.8 Å². The molecule has 0 unspecified atom stereocenters. The van der Waals surface area contributed by atoms with E-state index in [9.17, 15) is 0 Å². The summed E-state index contributed by atoms with van der Waals surface area (Å²) in [5.41, 5.74) is 1.41. The summed E-state index contributed by atoms with van der Waals surface area (Å²) in [4.78, 5) is 2.68. The van der Waals surface area contributed by atoms with E-state index in [0.29, 0.717) is 19.3 Å². The molecule has 4 heteroatoms. The summed E-state index contributed by atoms with van der Waals surface area (Å²) in [6, 6.07) is 7.15. The minimum absolute atomic E-state index is 0.542. The predicted octanol–water partition coefficient (Wildman–Crippen LogP) is 2.59. The van der Waals surface area contributed by atoms with E-state index in [-0.39, 0.29) is 0 Å². The third-order valence-corrected chi connectivity index (χ3v) is 5.30. The van der Waals surface area contributed by atoms with E-state index < -0.39 is 0 Å². The van der Waals surface area contributed by atoms with Crippen molar-refractivity contribution in [1.82, 2.24) is 10.2 Å². The van der Waals surface area contributed by atoms with Gasteiger partial charge in [0, 0.05) is 32.2 Å². The molecule has 1 aromatic rings. The van der Waals surface area contributed by atoms with Gasteiger partial charge in [0.25, 0.3) is 0 Å². The standard InChI is InChI=1S/C18H26N2O2/c1-2-4-14(3-1)18(20-9-7-19-8-10-20)15-5-6-16-17(13-15)22-12-11-21-16/h5-6,13-14,18-19H,1-4,7-12H2/t18-/m1/s1. The van der Waals surface area contributed by atoms with Gasteiger partial charge >= 0.3 is 0 Å². The van der Waals surface area contributed by atoms with Crippen molar-refractivity contribution in [3.63, 3.8) is 0 Å². The molecular weight excluding hydrogens is 276 g/mol. The zero-order valence-corrected chi connectivity index (χ0v) is 13.2. The van der Waals surface area contributed by atoms with Crippen LogP contribution in [0.2, 0.25) is 0 Å². The van der Waals surface area contributed by atoms with Gasteiger partial charge in [-0.2, -0.15) is 0 Å². The molecule has 22 heavy (non-hydrogen) atoms. The smallest absolute Gasteiger partial charge is 0.161 e. The molecule has 1 aliphatic carbocycles. The van der Waals surface area contributed by atoms with Gasteiger partial charge in [-0.05, 0) is 36.5 Å². The van der Waals surface area contributed by atoms with E-state index in [1.165, 1.54) is 31.2 Å². The van der Waals surface area contributed by atoms with Crippen molar-refractivity contribution in [1.29, 1.82) is 0 Å². The molecule has 2 aliphatic heterocycles. The Balaban J connectivity index is 1.63. The van der Waals surface area contributed by atoms with Crippen LogP contribution >= 0.6 is 0 Å². The Bertz CT molecular complexity index is 508. The fraction of sp³-hybridized carbons (Fsp3) is 0.667. The zero-order valence-electron chi connectivity index (χ0n) is 13.2. The summed E-state index contributed by atoms with van der Waals surface area (Å²) in [7, 11) is 0. The van der Waals surface area contributed by atoms with E-state index in [1.54, 1.807) is 0 Å². The van der Waals surface area contributed by atoms with Crippen molar-refractivity contribution >= 4 is 0 Å². The lowest BCUT2D eigenvalue weighted by atomic mass is 9.89. The fourth-order valence-corrected chi connectivity index (χ4v) is 4.26. The second-order valence-corrected chi connectivity index (χ2v) is 6.68. The molecule has 0 radical (unpaired) electrons. The molecule has 4 rings (SSSR count). The van der Waals surface area contributed by atoms with Gasteiger partial charge in [0.05, 0.1) is 0 Å². The van der Waals surface area contributed by atoms with Gasteiger partial charge in [-0.3, -0.25) is 4.90 Å². The number of fused-ring (bicyclic) bond motifs is 1. The first-order valence-corrected chi connectivity index (χ1v) is 8.76. The molecule has 4 nitrogen and oxygen atoms in total. The van der Waals surface area contributed by atoms with E-state index in [2.05, 4.69) is 28.4 Å². The number of ether oxygens (including phenoxy) is 2. The summed E-state index contributed by atoms with van der Waals surface area (Å²) in [5.74, 6) is 2.63. The SMILES string of the molecule is c1cc2c(cc1[C@@H](C1CCCC1)N1CCNCC1)OCCO2. The van der Waals surface area contributed by atoms with Crippen molar-refractivity contribution < 1.29 is 9.47 Å². The van der Waals surface area contributed by atoms with Crippen LogP contribution in [0.4, 0.5) is 0 Å². The van der Waals surface area contributed by atoms with Crippen molar-refractivity contribution in [2.24, 2.45) is 5.92 Å². The molecule has 1 saturated carbocycles. The molecule has 0 bridgehead atoms. The summed E-state index contributed by atoms with van der Waals surface area (Å²) in [6.45, 7) is 5.83. The number of rotatable bonds is 3. The minimum atomic E-state index is 0.542. The highest BCUT2D eigenvalue weighted by Gasteiger charge is 2.32. The maximum atomic E-state index is 5.81. The maximum absolute atomic E-state index is 5.81. The average Bonchev–Trinajstić information content (AvgIpc) is 3.10. The highest BCUT2D eigenvalue weighted by atomic mass is 16.6. The Hall–Kier alpha value is -1.26. The van der Waals surface area contributed by atoms with Gasteiger partial charge in [0.1, 0.15) is 13.2 Å². The third-order valence-electron chi connectivity index (χ3n) is 5.30. The molecule has 2 heterocycles. The Kier molecular flexibility index (Phi) is 4.22. The first-order chi connectivity index (χ1) is 10.9.